The van der Waals surface area contributed by atoms with E-state index in [-0.39, 0.29) is 75.5 Å². The molecule has 0 radical (unpaired) electrons. The predicted octanol–water partition coefficient (Wildman–Crippen LogP) is 10.3. The van der Waals surface area contributed by atoms with Crippen molar-refractivity contribution in [3.05, 3.63) is 85.0 Å². The molecular weight excluding hydrogens is 1150 g/mol. The molecular formula is C50H56F9N9O8S4. The van der Waals surface area contributed by atoms with Crippen LogP contribution >= 0.6 is 34.0 Å². The molecule has 30 heteroatoms. The Morgan fingerprint density at radius 3 is 1.34 bits per heavy atom. The average molecular weight is 1210 g/mol. The van der Waals surface area contributed by atoms with Crippen molar-refractivity contribution in [3.8, 4) is 31.7 Å². The van der Waals surface area contributed by atoms with Crippen molar-refractivity contribution < 1.29 is 76.5 Å². The van der Waals surface area contributed by atoms with Gasteiger partial charge in [0.2, 0.25) is 23.2 Å². The van der Waals surface area contributed by atoms with Gasteiger partial charge in [-0.25, -0.2) is 4.72 Å². The molecule has 3 aliphatic heterocycles. The summed E-state index contributed by atoms with van der Waals surface area (Å²) in [5.74, 6) is -0.395. The number of carbonyl (C=O) groups excluding carboxylic acids is 4. The Balaban J connectivity index is 0.000000174. The van der Waals surface area contributed by atoms with Gasteiger partial charge in [0.25, 0.3) is 17.7 Å². The van der Waals surface area contributed by atoms with E-state index in [2.05, 4.69) is 39.6 Å². The molecule has 3 aliphatic rings. The number of nitrogens with one attached hydrogen (secondary N) is 1. The molecule has 17 nitrogen and oxygen atoms in total. The zero-order chi connectivity index (χ0) is 58.8. The fraction of sp³-hybridized carbons (Fsp3) is 0.480. The maximum atomic E-state index is 12.9. The van der Waals surface area contributed by atoms with Gasteiger partial charge in [-0.05, 0) is 102 Å². The summed E-state index contributed by atoms with van der Waals surface area (Å²) in [7, 11) is -0.662. The van der Waals surface area contributed by atoms with Gasteiger partial charge < -0.3 is 38.9 Å². The molecule has 0 aromatic carbocycles. The first kappa shape index (κ1) is 61.5. The standard InChI is InChI=1S/C18H20F3N3O3S.C17H20F3N3O3S2.C15H16F3N3O2S/c1-10-15(22-27-16(10)18(19,20)21)13-6-7-14(28-13)17(26)24-8-4-5-12(9-24)23(3)11(2)25;1-10-14(21-26-15(10)17(18,19)20)12-6-7-13(27-12)16(24)23-8-4-5-11(9-23)22-28(2,3)25;1-8-12(20-23-13(8)15(16,17)18)10-2-3-11(24-10)14(22)21-6-4-9(19)5-7-21/h6-7,12H,4-5,8-9H2,1-3H3;6-7,11H,2,4-5,8-9H2,1,3H3,(H,22,25);2-3,9H,4-7,19H2,1H3/t12-;11-,28?;/m11./s1. The molecule has 9 rings (SSSR count). The molecule has 0 aliphatic carbocycles. The number of rotatable bonds is 9. The van der Waals surface area contributed by atoms with Crippen LogP contribution in [-0.4, -0.2) is 139 Å². The van der Waals surface area contributed by atoms with Gasteiger partial charge in [-0.3, -0.25) is 23.4 Å². The van der Waals surface area contributed by atoms with Gasteiger partial charge in [0.1, 0.15) is 17.1 Å². The first-order chi connectivity index (χ1) is 37.3. The molecule has 6 aromatic rings. The molecule has 0 saturated carbocycles. The predicted molar refractivity (Wildman–Crippen MR) is 282 cm³/mol. The summed E-state index contributed by atoms with van der Waals surface area (Å²) in [6.45, 7) is 8.53. The van der Waals surface area contributed by atoms with Gasteiger partial charge in [-0.1, -0.05) is 15.5 Å². The highest BCUT2D eigenvalue weighted by molar-refractivity contribution is 7.97. The maximum Gasteiger partial charge on any atom is 0.452 e. The summed E-state index contributed by atoms with van der Waals surface area (Å²) >= 11 is 3.26. The number of halogens is 9. The van der Waals surface area contributed by atoms with Crippen molar-refractivity contribution in [1.29, 1.82) is 0 Å². The van der Waals surface area contributed by atoms with E-state index in [0.717, 1.165) is 72.5 Å². The van der Waals surface area contributed by atoms with Crippen LogP contribution in [0.5, 0.6) is 0 Å². The van der Waals surface area contributed by atoms with Crippen LogP contribution in [-0.2, 0) is 33.0 Å². The van der Waals surface area contributed by atoms with Crippen LogP contribution in [0.1, 0.15) is 108 Å². The second kappa shape index (κ2) is 24.6. The lowest BCUT2D eigenvalue weighted by Crippen LogP contribution is -2.49. The van der Waals surface area contributed by atoms with Crippen molar-refractivity contribution >= 4 is 73.2 Å². The second-order valence-corrected chi connectivity index (χ2v) is 25.0. The Morgan fingerprint density at radius 1 is 0.625 bits per heavy atom. The normalized spacial score (nSPS) is 18.2. The number of piperidine rings is 3. The van der Waals surface area contributed by atoms with Crippen molar-refractivity contribution in [2.75, 3.05) is 52.6 Å². The number of hydrogen-bond donors (Lipinski definition) is 2. The smallest absolute Gasteiger partial charge is 0.351 e. The molecule has 0 spiro atoms. The third kappa shape index (κ3) is 14.7. The quantitative estimate of drug-likeness (QED) is 0.102. The van der Waals surface area contributed by atoms with Gasteiger partial charge in [0.05, 0.1) is 29.3 Å². The third-order valence-electron chi connectivity index (χ3n) is 13.4. The Hall–Kier alpha value is -6.08. The van der Waals surface area contributed by atoms with Crippen LogP contribution < -0.4 is 10.5 Å². The highest BCUT2D eigenvalue weighted by Crippen LogP contribution is 2.41. The van der Waals surface area contributed by atoms with Crippen molar-refractivity contribution in [2.45, 2.75) is 103 Å². The summed E-state index contributed by atoms with van der Waals surface area (Å²) in [6, 6.07) is 9.47. The zero-order valence-corrected chi connectivity index (χ0v) is 47.2. The van der Waals surface area contributed by atoms with Gasteiger partial charge in [0.15, 0.2) is 0 Å². The van der Waals surface area contributed by atoms with Gasteiger partial charge in [-0.15, -0.1) is 34.0 Å². The van der Waals surface area contributed by atoms with E-state index in [9.17, 15) is 62.9 Å². The fourth-order valence-corrected chi connectivity index (χ4v) is 13.1. The number of nitrogens with two attached hydrogens (primary N) is 1. The van der Waals surface area contributed by atoms with Gasteiger partial charge >= 0.3 is 18.5 Å². The zero-order valence-electron chi connectivity index (χ0n) is 43.9. The minimum Gasteiger partial charge on any atom is -0.351 e. The van der Waals surface area contributed by atoms with E-state index in [1.54, 1.807) is 63.0 Å². The molecule has 0 bridgehead atoms. The molecule has 3 saturated heterocycles. The van der Waals surface area contributed by atoms with Gasteiger partial charge in [0, 0.05) is 104 Å². The van der Waals surface area contributed by atoms with E-state index in [4.69, 9.17) is 5.73 Å². The highest BCUT2D eigenvalue weighted by Gasteiger charge is 2.42. The van der Waals surface area contributed by atoms with E-state index in [1.807, 2.05) is 0 Å². The molecule has 1 unspecified atom stereocenters. The Bertz CT molecular complexity index is 3290. The number of hydrogen-bond acceptors (Lipinski definition) is 15. The summed E-state index contributed by atoms with van der Waals surface area (Å²) in [5.41, 5.74) is 5.82. The number of likely N-dealkylation sites (tertiary alicyclic amines) is 3. The van der Waals surface area contributed by atoms with Crippen LogP contribution in [0.25, 0.3) is 31.7 Å². The molecule has 3 fully saturated rings. The van der Waals surface area contributed by atoms with Crippen molar-refractivity contribution in [1.82, 2.24) is 39.8 Å². The Labute approximate surface area is 465 Å². The molecule has 3 N–H and O–H groups in total. The van der Waals surface area contributed by atoms with Crippen LogP contribution in [0, 0.1) is 20.8 Å². The van der Waals surface area contributed by atoms with E-state index in [1.165, 1.54) is 34.0 Å². The minimum atomic E-state index is -4.62. The molecule has 6 aromatic heterocycles. The number of likely N-dealkylation sites (N-methyl/N-ethyl adjacent to an activating group) is 1. The number of nitrogens with zero attached hydrogens (tertiary/aromatic N) is 7. The summed E-state index contributed by atoms with van der Waals surface area (Å²) in [6.07, 6.45) is -7.65. The summed E-state index contributed by atoms with van der Waals surface area (Å²) < 4.78 is 144. The van der Waals surface area contributed by atoms with E-state index in [0.29, 0.717) is 68.5 Å². The lowest BCUT2D eigenvalue weighted by Gasteiger charge is -2.37. The molecule has 3 atom stereocenters. The molecule has 436 valence electrons. The Kier molecular flexibility index (Phi) is 18.9. The highest BCUT2D eigenvalue weighted by atomic mass is 32.2. The number of thiophene rings is 3. The number of carbonyl (C=O) groups is 4. The summed E-state index contributed by atoms with van der Waals surface area (Å²) in [4.78, 5) is 59.0. The topological polar surface area (TPSA) is 214 Å². The Morgan fingerprint density at radius 2 is 0.988 bits per heavy atom. The third-order valence-corrected chi connectivity index (χ3v) is 17.4. The number of amides is 4. The second-order valence-electron chi connectivity index (χ2n) is 19.5. The maximum absolute atomic E-state index is 12.9. The summed E-state index contributed by atoms with van der Waals surface area (Å²) in [5, 5.41) is 10.6. The van der Waals surface area contributed by atoms with Crippen LogP contribution in [0.3, 0.4) is 0 Å². The van der Waals surface area contributed by atoms with Crippen LogP contribution in [0.2, 0.25) is 0 Å². The van der Waals surface area contributed by atoms with Gasteiger partial charge in [-0.2, -0.15) is 39.5 Å². The largest absolute Gasteiger partial charge is 0.452 e. The first-order valence-corrected chi connectivity index (χ1v) is 29.3. The lowest BCUT2D eigenvalue weighted by atomic mass is 10.0. The van der Waals surface area contributed by atoms with Crippen LogP contribution in [0.4, 0.5) is 39.5 Å². The van der Waals surface area contributed by atoms with E-state index < -0.39 is 45.5 Å². The average Bonchev–Trinajstić information content (AvgIpc) is 4.26. The minimum absolute atomic E-state index is 0.0400. The van der Waals surface area contributed by atoms with Crippen molar-refractivity contribution in [3.63, 3.8) is 0 Å². The lowest BCUT2D eigenvalue weighted by molar-refractivity contribution is -0.156. The SMILES string of the molecule is C=S(C)(=O)N[C@@H]1CCCN(C(=O)c2ccc(-c3noc(C(F)(F)F)c3C)s2)C1.CC(=O)N(C)[C@@H]1CCCN(C(=O)c2ccc(-c3noc(C(F)(F)F)c3C)s2)C1.Cc1c(-c2ccc(C(=O)N3CCC(N)CC3)s2)noc1C(F)(F)F. The van der Waals surface area contributed by atoms with E-state index >= 15 is 0 Å². The molecule has 4 amide bonds. The first-order valence-electron chi connectivity index (χ1n) is 24.7. The number of aromatic nitrogens is 3. The molecule has 9 heterocycles. The van der Waals surface area contributed by atoms with Crippen molar-refractivity contribution in [2.24, 2.45) is 5.73 Å². The fourth-order valence-electron chi connectivity index (χ4n) is 9.12. The molecule has 80 heavy (non-hydrogen) atoms. The number of alkyl halides is 9. The van der Waals surface area contributed by atoms with Crippen LogP contribution in [0.15, 0.2) is 50.0 Å². The monoisotopic (exact) mass is 1210 g/mol.